The van der Waals surface area contributed by atoms with Crippen molar-refractivity contribution in [3.05, 3.63) is 41.0 Å². The normalized spacial score (nSPS) is 22.4. The second-order valence-corrected chi connectivity index (χ2v) is 6.92. The third-order valence-corrected chi connectivity index (χ3v) is 5.49. The first-order valence-corrected chi connectivity index (χ1v) is 8.88. The fraction of sp³-hybridized carbons (Fsp3) is 0.550. The molecule has 0 aromatic heterocycles. The lowest BCUT2D eigenvalue weighted by molar-refractivity contribution is -0.137. The van der Waals surface area contributed by atoms with Gasteiger partial charge in [0.1, 0.15) is 5.92 Å². The molecule has 3 heteroatoms. The highest BCUT2D eigenvalue weighted by molar-refractivity contribution is 5.92. The summed E-state index contributed by atoms with van der Waals surface area (Å²) in [4.78, 5) is 14.3. The van der Waals surface area contributed by atoms with E-state index in [1.54, 1.807) is 0 Å². The molecular formula is C20H27NO2. The highest BCUT2D eigenvalue weighted by atomic mass is 16.4. The zero-order chi connectivity index (χ0) is 16.4. The van der Waals surface area contributed by atoms with Gasteiger partial charge >= 0.3 is 5.97 Å². The number of carboxylic acids is 1. The van der Waals surface area contributed by atoms with Crippen molar-refractivity contribution in [2.24, 2.45) is 5.92 Å². The number of piperidine rings is 1. The van der Waals surface area contributed by atoms with Crippen LogP contribution < -0.4 is 0 Å². The van der Waals surface area contributed by atoms with Crippen molar-refractivity contribution in [1.29, 1.82) is 0 Å². The van der Waals surface area contributed by atoms with Gasteiger partial charge in [0.15, 0.2) is 0 Å². The first-order chi connectivity index (χ1) is 11.1. The molecule has 0 amide bonds. The molecule has 1 aliphatic carbocycles. The van der Waals surface area contributed by atoms with E-state index in [0.29, 0.717) is 5.92 Å². The molecule has 1 aliphatic heterocycles. The standard InChI is InChI=1S/C20H27NO2/c1-3-4-11-21-12-9-15(10-13-21)18-14(2)19(20(22)23)17-8-6-5-7-16(17)18/h5-8,15,19H,3-4,9-13H2,1-2H3,(H,22,23). The van der Waals surface area contributed by atoms with E-state index in [0.717, 1.165) is 37.1 Å². The van der Waals surface area contributed by atoms with Gasteiger partial charge in [0.2, 0.25) is 0 Å². The maximum atomic E-state index is 11.7. The van der Waals surface area contributed by atoms with Gasteiger partial charge in [-0.3, -0.25) is 4.79 Å². The zero-order valence-corrected chi connectivity index (χ0v) is 14.2. The summed E-state index contributed by atoms with van der Waals surface area (Å²) in [6, 6.07) is 8.09. The minimum atomic E-state index is -0.717. The summed E-state index contributed by atoms with van der Waals surface area (Å²) in [6.45, 7) is 7.75. The van der Waals surface area contributed by atoms with E-state index in [9.17, 15) is 9.90 Å². The molecule has 1 aromatic rings. The number of carbonyl (C=O) groups is 1. The summed E-state index contributed by atoms with van der Waals surface area (Å²) in [6.07, 6.45) is 4.82. The maximum absolute atomic E-state index is 11.7. The number of allylic oxidation sites excluding steroid dienone is 1. The lowest BCUT2D eigenvalue weighted by Gasteiger charge is -2.33. The maximum Gasteiger partial charge on any atom is 0.315 e. The molecule has 1 saturated heterocycles. The molecule has 1 heterocycles. The fourth-order valence-electron chi connectivity index (χ4n) is 4.28. The Morgan fingerprint density at radius 2 is 1.96 bits per heavy atom. The van der Waals surface area contributed by atoms with Crippen LogP contribution in [0.4, 0.5) is 0 Å². The molecule has 1 fully saturated rings. The van der Waals surface area contributed by atoms with Crippen LogP contribution in [0.15, 0.2) is 29.8 Å². The predicted octanol–water partition coefficient (Wildman–Crippen LogP) is 4.15. The molecule has 0 radical (unpaired) electrons. The van der Waals surface area contributed by atoms with Gasteiger partial charge in [-0.25, -0.2) is 0 Å². The Bertz CT molecular complexity index is 612. The van der Waals surface area contributed by atoms with E-state index in [-0.39, 0.29) is 0 Å². The first kappa shape index (κ1) is 16.3. The number of hydrogen-bond donors (Lipinski definition) is 1. The van der Waals surface area contributed by atoms with Crippen LogP contribution in [0.1, 0.15) is 56.6 Å². The van der Waals surface area contributed by atoms with Crippen molar-refractivity contribution in [2.45, 2.75) is 45.4 Å². The van der Waals surface area contributed by atoms with Crippen molar-refractivity contribution in [3.8, 4) is 0 Å². The number of fused-ring (bicyclic) bond motifs is 1. The summed E-state index contributed by atoms with van der Waals surface area (Å²) < 4.78 is 0. The number of rotatable bonds is 5. The van der Waals surface area contributed by atoms with E-state index in [1.807, 2.05) is 25.1 Å². The van der Waals surface area contributed by atoms with E-state index >= 15 is 0 Å². The van der Waals surface area contributed by atoms with Crippen LogP contribution in [0.5, 0.6) is 0 Å². The van der Waals surface area contributed by atoms with E-state index in [1.165, 1.54) is 30.5 Å². The van der Waals surface area contributed by atoms with Gasteiger partial charge in [-0.2, -0.15) is 0 Å². The molecule has 1 aromatic carbocycles. The summed E-state index contributed by atoms with van der Waals surface area (Å²) in [5, 5.41) is 9.64. The Morgan fingerprint density at radius 3 is 2.61 bits per heavy atom. The van der Waals surface area contributed by atoms with E-state index in [2.05, 4.69) is 17.9 Å². The summed E-state index contributed by atoms with van der Waals surface area (Å²) in [5.74, 6) is -0.650. The number of unbranched alkanes of at least 4 members (excludes halogenated alkanes) is 1. The van der Waals surface area contributed by atoms with Crippen LogP contribution in [0.3, 0.4) is 0 Å². The van der Waals surface area contributed by atoms with Gasteiger partial charge in [0.25, 0.3) is 0 Å². The van der Waals surface area contributed by atoms with Crippen molar-refractivity contribution in [3.63, 3.8) is 0 Å². The third kappa shape index (κ3) is 3.07. The Morgan fingerprint density at radius 1 is 1.26 bits per heavy atom. The Labute approximate surface area is 139 Å². The molecule has 3 nitrogen and oxygen atoms in total. The molecule has 1 N–H and O–H groups in total. The molecular weight excluding hydrogens is 286 g/mol. The Balaban J connectivity index is 1.81. The lowest BCUT2D eigenvalue weighted by atomic mass is 9.84. The fourth-order valence-corrected chi connectivity index (χ4v) is 4.28. The molecule has 0 saturated carbocycles. The highest BCUT2D eigenvalue weighted by Crippen LogP contribution is 2.47. The number of benzene rings is 1. The first-order valence-electron chi connectivity index (χ1n) is 8.88. The Kier molecular flexibility index (Phi) is 4.86. The SMILES string of the molecule is CCCCN1CCC(C2=C(C)C(C(=O)O)c3ccccc32)CC1. The van der Waals surface area contributed by atoms with Gasteiger partial charge in [0.05, 0.1) is 0 Å². The van der Waals surface area contributed by atoms with Crippen molar-refractivity contribution >= 4 is 11.5 Å². The molecule has 23 heavy (non-hydrogen) atoms. The Hall–Kier alpha value is -1.61. The van der Waals surface area contributed by atoms with E-state index in [4.69, 9.17) is 0 Å². The molecule has 124 valence electrons. The number of likely N-dealkylation sites (tertiary alicyclic amines) is 1. The van der Waals surface area contributed by atoms with Gasteiger partial charge in [0, 0.05) is 0 Å². The molecule has 0 bridgehead atoms. The second-order valence-electron chi connectivity index (χ2n) is 6.92. The van der Waals surface area contributed by atoms with Crippen LogP contribution >= 0.6 is 0 Å². The lowest BCUT2D eigenvalue weighted by Crippen LogP contribution is -2.34. The average molecular weight is 313 g/mol. The van der Waals surface area contributed by atoms with Crippen LogP contribution in [0, 0.1) is 5.92 Å². The summed E-state index contributed by atoms with van der Waals surface area (Å²) >= 11 is 0. The molecule has 2 aliphatic rings. The van der Waals surface area contributed by atoms with Gasteiger partial charge < -0.3 is 10.0 Å². The number of hydrogen-bond acceptors (Lipinski definition) is 2. The monoisotopic (exact) mass is 313 g/mol. The molecule has 3 rings (SSSR count). The minimum absolute atomic E-state index is 0.445. The van der Waals surface area contributed by atoms with Crippen LogP contribution in [0.25, 0.3) is 5.57 Å². The van der Waals surface area contributed by atoms with Gasteiger partial charge in [-0.15, -0.1) is 0 Å². The largest absolute Gasteiger partial charge is 0.481 e. The third-order valence-electron chi connectivity index (χ3n) is 5.49. The smallest absolute Gasteiger partial charge is 0.315 e. The van der Waals surface area contributed by atoms with Crippen LogP contribution in [-0.2, 0) is 4.79 Å². The highest BCUT2D eigenvalue weighted by Gasteiger charge is 2.37. The van der Waals surface area contributed by atoms with Gasteiger partial charge in [-0.1, -0.05) is 43.2 Å². The molecule has 1 unspecified atom stereocenters. The van der Waals surface area contributed by atoms with Crippen molar-refractivity contribution < 1.29 is 9.90 Å². The number of nitrogens with zero attached hydrogens (tertiary/aromatic N) is 1. The number of aliphatic carboxylic acids is 1. The zero-order valence-electron chi connectivity index (χ0n) is 14.2. The van der Waals surface area contributed by atoms with Crippen molar-refractivity contribution in [2.75, 3.05) is 19.6 Å². The minimum Gasteiger partial charge on any atom is -0.481 e. The summed E-state index contributed by atoms with van der Waals surface area (Å²) in [5.41, 5.74) is 4.55. The number of carboxylic acid groups (broad SMARTS) is 1. The topological polar surface area (TPSA) is 40.5 Å². The average Bonchev–Trinajstić information content (AvgIpc) is 2.85. The van der Waals surface area contributed by atoms with Crippen LogP contribution in [0.2, 0.25) is 0 Å². The van der Waals surface area contributed by atoms with Gasteiger partial charge in [-0.05, 0) is 68.4 Å². The molecule has 0 spiro atoms. The summed E-state index contributed by atoms with van der Waals surface area (Å²) in [7, 11) is 0. The molecule has 1 atom stereocenters. The second kappa shape index (κ2) is 6.88. The van der Waals surface area contributed by atoms with Crippen LogP contribution in [-0.4, -0.2) is 35.6 Å². The van der Waals surface area contributed by atoms with Crippen molar-refractivity contribution in [1.82, 2.24) is 4.90 Å². The quantitative estimate of drug-likeness (QED) is 0.887. The predicted molar refractivity (Wildman–Crippen MR) is 93.5 cm³/mol. The van der Waals surface area contributed by atoms with E-state index < -0.39 is 11.9 Å².